The van der Waals surface area contributed by atoms with E-state index in [0.29, 0.717) is 5.01 Å². The molecule has 1 aromatic heterocycles. The van der Waals surface area contributed by atoms with Crippen LogP contribution in [0.5, 0.6) is 0 Å². The van der Waals surface area contributed by atoms with Crippen molar-refractivity contribution in [1.29, 1.82) is 0 Å². The number of hydrogen-bond donors (Lipinski definition) is 2. The van der Waals surface area contributed by atoms with E-state index in [1.165, 1.54) is 11.3 Å². The van der Waals surface area contributed by atoms with Gasteiger partial charge in [-0.1, -0.05) is 12.1 Å². The third-order valence-electron chi connectivity index (χ3n) is 2.02. The van der Waals surface area contributed by atoms with Gasteiger partial charge in [-0.15, -0.1) is 11.3 Å². The van der Waals surface area contributed by atoms with Gasteiger partial charge in [-0.2, -0.15) is 0 Å². The smallest absolute Gasteiger partial charge is 0.305 e. The van der Waals surface area contributed by atoms with Crippen molar-refractivity contribution in [2.24, 2.45) is 5.73 Å². The van der Waals surface area contributed by atoms with Gasteiger partial charge >= 0.3 is 5.97 Å². The second-order valence-corrected chi connectivity index (χ2v) is 4.29. The molecular formula is C10H10N2O2S. The number of fused-ring (bicyclic) bond motifs is 1. The van der Waals surface area contributed by atoms with E-state index >= 15 is 0 Å². The SMILES string of the molecule is N[C@@H](CC(=O)O)c1nc2ccccc2s1. The monoisotopic (exact) mass is 222 g/mol. The fourth-order valence-corrected chi connectivity index (χ4v) is 2.29. The fourth-order valence-electron chi connectivity index (χ4n) is 1.32. The lowest BCUT2D eigenvalue weighted by Gasteiger charge is -2.02. The summed E-state index contributed by atoms with van der Waals surface area (Å²) < 4.78 is 1.04. The van der Waals surface area contributed by atoms with Crippen LogP contribution in [0.25, 0.3) is 10.2 Å². The van der Waals surface area contributed by atoms with Gasteiger partial charge in [0.05, 0.1) is 22.7 Å². The van der Waals surface area contributed by atoms with Gasteiger partial charge in [0.15, 0.2) is 0 Å². The Kier molecular flexibility index (Phi) is 2.66. The molecule has 15 heavy (non-hydrogen) atoms. The highest BCUT2D eigenvalue weighted by molar-refractivity contribution is 7.18. The van der Waals surface area contributed by atoms with Crippen LogP contribution in [0.15, 0.2) is 24.3 Å². The Morgan fingerprint density at radius 1 is 1.53 bits per heavy atom. The highest BCUT2D eigenvalue weighted by Gasteiger charge is 2.14. The Morgan fingerprint density at radius 3 is 2.93 bits per heavy atom. The first-order valence-electron chi connectivity index (χ1n) is 4.49. The van der Waals surface area contributed by atoms with Crippen LogP contribution in [-0.4, -0.2) is 16.1 Å². The second-order valence-electron chi connectivity index (χ2n) is 3.22. The molecule has 0 fully saturated rings. The van der Waals surface area contributed by atoms with Gasteiger partial charge < -0.3 is 10.8 Å². The average molecular weight is 222 g/mol. The van der Waals surface area contributed by atoms with Crippen molar-refractivity contribution in [3.05, 3.63) is 29.3 Å². The maximum absolute atomic E-state index is 10.5. The van der Waals surface area contributed by atoms with E-state index in [1.54, 1.807) is 0 Å². The van der Waals surface area contributed by atoms with Crippen LogP contribution in [0.4, 0.5) is 0 Å². The number of benzene rings is 1. The topological polar surface area (TPSA) is 76.2 Å². The number of rotatable bonds is 3. The summed E-state index contributed by atoms with van der Waals surface area (Å²) in [5.41, 5.74) is 6.60. The lowest BCUT2D eigenvalue weighted by Crippen LogP contribution is -2.14. The van der Waals surface area contributed by atoms with Gasteiger partial charge in [0.2, 0.25) is 0 Å². The number of carboxylic acid groups (broad SMARTS) is 1. The van der Waals surface area contributed by atoms with E-state index in [4.69, 9.17) is 10.8 Å². The van der Waals surface area contributed by atoms with Crippen LogP contribution < -0.4 is 5.73 Å². The molecule has 0 unspecified atom stereocenters. The minimum Gasteiger partial charge on any atom is -0.481 e. The minimum atomic E-state index is -0.901. The normalized spacial score (nSPS) is 12.9. The first kappa shape index (κ1) is 10.1. The van der Waals surface area contributed by atoms with Crippen molar-refractivity contribution in [3.8, 4) is 0 Å². The zero-order valence-corrected chi connectivity index (χ0v) is 8.70. The Balaban J connectivity index is 2.32. The number of thiazole rings is 1. The van der Waals surface area contributed by atoms with E-state index in [1.807, 2.05) is 24.3 Å². The molecule has 0 spiro atoms. The molecule has 3 N–H and O–H groups in total. The molecule has 5 heteroatoms. The van der Waals surface area contributed by atoms with Gasteiger partial charge in [0.25, 0.3) is 0 Å². The number of carbonyl (C=O) groups is 1. The predicted molar refractivity (Wildman–Crippen MR) is 58.8 cm³/mol. The molecule has 1 atom stereocenters. The Bertz CT molecular complexity index is 462. The van der Waals surface area contributed by atoms with Crippen molar-refractivity contribution in [2.75, 3.05) is 0 Å². The van der Waals surface area contributed by atoms with Crippen LogP contribution in [0, 0.1) is 0 Å². The number of nitrogens with two attached hydrogens (primary N) is 1. The lowest BCUT2D eigenvalue weighted by molar-refractivity contribution is -0.137. The van der Waals surface area contributed by atoms with Gasteiger partial charge in [-0.05, 0) is 12.1 Å². The summed E-state index contributed by atoms with van der Waals surface area (Å²) in [5.74, 6) is -0.901. The molecule has 2 aromatic rings. The Morgan fingerprint density at radius 2 is 2.27 bits per heavy atom. The molecule has 1 aromatic carbocycles. The molecule has 0 bridgehead atoms. The second kappa shape index (κ2) is 3.96. The largest absolute Gasteiger partial charge is 0.481 e. The summed E-state index contributed by atoms with van der Waals surface area (Å²) in [6.45, 7) is 0. The number of aromatic nitrogens is 1. The first-order valence-corrected chi connectivity index (χ1v) is 5.31. The van der Waals surface area contributed by atoms with Gasteiger partial charge in [-0.3, -0.25) is 4.79 Å². The minimum absolute atomic E-state index is 0.0835. The number of hydrogen-bond acceptors (Lipinski definition) is 4. The van der Waals surface area contributed by atoms with Crippen molar-refractivity contribution >= 4 is 27.5 Å². The van der Waals surface area contributed by atoms with Gasteiger partial charge in [-0.25, -0.2) is 4.98 Å². The van der Waals surface area contributed by atoms with Gasteiger partial charge in [0, 0.05) is 0 Å². The summed E-state index contributed by atoms with van der Waals surface area (Å²) in [5, 5.41) is 9.30. The number of nitrogens with zero attached hydrogens (tertiary/aromatic N) is 1. The maximum atomic E-state index is 10.5. The molecule has 2 rings (SSSR count). The summed E-state index contributed by atoms with van der Waals surface area (Å²) >= 11 is 1.45. The number of carboxylic acids is 1. The van der Waals surface area contributed by atoms with Crippen molar-refractivity contribution < 1.29 is 9.90 Å². The molecule has 0 saturated carbocycles. The van der Waals surface area contributed by atoms with Crippen LogP contribution >= 0.6 is 11.3 Å². The standard InChI is InChI=1S/C10H10N2O2S/c11-6(5-9(13)14)10-12-7-3-1-2-4-8(7)15-10/h1-4,6H,5,11H2,(H,13,14)/t6-/m0/s1. The third-order valence-corrected chi connectivity index (χ3v) is 3.19. The van der Waals surface area contributed by atoms with Crippen LogP contribution in [0.3, 0.4) is 0 Å². The van der Waals surface area contributed by atoms with Crippen molar-refractivity contribution in [3.63, 3.8) is 0 Å². The van der Waals surface area contributed by atoms with Crippen LogP contribution in [0.2, 0.25) is 0 Å². The van der Waals surface area contributed by atoms with E-state index < -0.39 is 12.0 Å². The predicted octanol–water partition coefficient (Wildman–Crippen LogP) is 1.77. The van der Waals surface area contributed by atoms with E-state index in [2.05, 4.69) is 4.98 Å². The summed E-state index contributed by atoms with van der Waals surface area (Å²) in [4.78, 5) is 14.8. The zero-order chi connectivity index (χ0) is 10.8. The summed E-state index contributed by atoms with van der Waals surface area (Å²) in [7, 11) is 0. The third kappa shape index (κ3) is 2.14. The molecule has 78 valence electrons. The lowest BCUT2D eigenvalue weighted by atomic mass is 10.2. The van der Waals surface area contributed by atoms with Crippen LogP contribution in [0.1, 0.15) is 17.5 Å². The van der Waals surface area contributed by atoms with E-state index in [-0.39, 0.29) is 6.42 Å². The highest BCUT2D eigenvalue weighted by atomic mass is 32.1. The molecule has 0 amide bonds. The van der Waals surface area contributed by atoms with Crippen LogP contribution in [-0.2, 0) is 4.79 Å². The van der Waals surface area contributed by atoms with E-state index in [0.717, 1.165) is 10.2 Å². The van der Waals surface area contributed by atoms with Crippen molar-refractivity contribution in [2.45, 2.75) is 12.5 Å². The number of aliphatic carboxylic acids is 1. The molecule has 0 aliphatic carbocycles. The quantitative estimate of drug-likeness (QED) is 0.829. The summed E-state index contributed by atoms with van der Waals surface area (Å²) in [6.07, 6.45) is -0.0835. The molecule has 0 saturated heterocycles. The summed E-state index contributed by atoms with van der Waals surface area (Å²) in [6, 6.07) is 7.15. The van der Waals surface area contributed by atoms with Crippen molar-refractivity contribution in [1.82, 2.24) is 4.98 Å². The molecule has 4 nitrogen and oxygen atoms in total. The highest BCUT2D eigenvalue weighted by Crippen LogP contribution is 2.26. The maximum Gasteiger partial charge on any atom is 0.305 e. The Labute approximate surface area is 90.4 Å². The fraction of sp³-hybridized carbons (Fsp3) is 0.200. The van der Waals surface area contributed by atoms with E-state index in [9.17, 15) is 4.79 Å². The molecule has 0 radical (unpaired) electrons. The molecular weight excluding hydrogens is 212 g/mol. The Hall–Kier alpha value is -1.46. The molecule has 0 aliphatic rings. The first-order chi connectivity index (χ1) is 7.16. The number of para-hydroxylation sites is 1. The molecule has 0 aliphatic heterocycles. The average Bonchev–Trinajstić information content (AvgIpc) is 2.59. The van der Waals surface area contributed by atoms with Gasteiger partial charge in [0.1, 0.15) is 5.01 Å². The molecule has 1 heterocycles. The zero-order valence-electron chi connectivity index (χ0n) is 7.88.